The van der Waals surface area contributed by atoms with Gasteiger partial charge < -0.3 is 15.2 Å². The van der Waals surface area contributed by atoms with Gasteiger partial charge in [0.25, 0.3) is 5.91 Å². The standard InChI is InChI=1S/C20H18N2O5/c1-12(23)22-15-6-4-3-5-14(15)20(25)16(22)9-13-7-8-17(18(10-13)26-2)27-11-19(21)24/h3-10H,11H2,1-2H3,(H2,21,24). The maximum atomic E-state index is 12.7. The molecule has 0 unspecified atom stereocenters. The number of nitrogens with two attached hydrogens (primary N) is 1. The fraction of sp³-hybridized carbons (Fsp3) is 0.150. The summed E-state index contributed by atoms with van der Waals surface area (Å²) < 4.78 is 10.6. The van der Waals surface area contributed by atoms with Crippen molar-refractivity contribution in [1.29, 1.82) is 0 Å². The first-order valence-corrected chi connectivity index (χ1v) is 8.17. The molecule has 7 nitrogen and oxygen atoms in total. The lowest BCUT2D eigenvalue weighted by atomic mass is 10.1. The van der Waals surface area contributed by atoms with Crippen LogP contribution in [0.4, 0.5) is 5.69 Å². The van der Waals surface area contributed by atoms with Crippen LogP contribution < -0.4 is 20.1 Å². The van der Waals surface area contributed by atoms with Crippen molar-refractivity contribution in [2.24, 2.45) is 5.73 Å². The Bertz CT molecular complexity index is 965. The van der Waals surface area contributed by atoms with E-state index in [1.54, 1.807) is 48.5 Å². The van der Waals surface area contributed by atoms with Crippen molar-refractivity contribution in [2.75, 3.05) is 18.6 Å². The molecule has 138 valence electrons. The maximum absolute atomic E-state index is 12.7. The molecular weight excluding hydrogens is 348 g/mol. The molecule has 0 bridgehead atoms. The fourth-order valence-electron chi connectivity index (χ4n) is 2.90. The van der Waals surface area contributed by atoms with Crippen LogP contribution in [0.2, 0.25) is 0 Å². The normalized spacial score (nSPS) is 14.2. The highest BCUT2D eigenvalue weighted by Crippen LogP contribution is 2.36. The van der Waals surface area contributed by atoms with Gasteiger partial charge in [-0.05, 0) is 35.9 Å². The van der Waals surface area contributed by atoms with Gasteiger partial charge in [-0.25, -0.2) is 0 Å². The molecule has 2 aromatic rings. The molecule has 0 saturated heterocycles. The van der Waals surface area contributed by atoms with E-state index in [4.69, 9.17) is 15.2 Å². The number of nitrogens with zero attached hydrogens (tertiary/aromatic N) is 1. The smallest absolute Gasteiger partial charge is 0.255 e. The van der Waals surface area contributed by atoms with Crippen molar-refractivity contribution in [1.82, 2.24) is 0 Å². The number of carbonyl (C=O) groups excluding carboxylic acids is 3. The van der Waals surface area contributed by atoms with Gasteiger partial charge in [0.15, 0.2) is 18.1 Å². The predicted molar refractivity (Wildman–Crippen MR) is 99.6 cm³/mol. The Hall–Kier alpha value is -3.61. The summed E-state index contributed by atoms with van der Waals surface area (Å²) in [6, 6.07) is 11.9. The molecule has 0 atom stereocenters. The van der Waals surface area contributed by atoms with Gasteiger partial charge in [0.2, 0.25) is 11.7 Å². The minimum atomic E-state index is -0.602. The van der Waals surface area contributed by atoms with Gasteiger partial charge in [-0.15, -0.1) is 0 Å². The molecule has 2 amide bonds. The van der Waals surface area contributed by atoms with Gasteiger partial charge in [-0.3, -0.25) is 19.3 Å². The molecule has 7 heteroatoms. The van der Waals surface area contributed by atoms with Gasteiger partial charge >= 0.3 is 0 Å². The van der Waals surface area contributed by atoms with Crippen LogP contribution in [0.25, 0.3) is 6.08 Å². The molecule has 0 spiro atoms. The largest absolute Gasteiger partial charge is 0.493 e. The number of para-hydroxylation sites is 1. The molecule has 0 aromatic heterocycles. The second-order valence-electron chi connectivity index (χ2n) is 5.90. The Balaban J connectivity index is 1.99. The monoisotopic (exact) mass is 366 g/mol. The summed E-state index contributed by atoms with van der Waals surface area (Å²) >= 11 is 0. The van der Waals surface area contributed by atoms with Crippen LogP contribution >= 0.6 is 0 Å². The van der Waals surface area contributed by atoms with Crippen molar-refractivity contribution in [3.8, 4) is 11.5 Å². The van der Waals surface area contributed by atoms with Crippen molar-refractivity contribution < 1.29 is 23.9 Å². The van der Waals surface area contributed by atoms with Gasteiger partial charge in [-0.2, -0.15) is 0 Å². The lowest BCUT2D eigenvalue weighted by Crippen LogP contribution is -2.25. The average molecular weight is 366 g/mol. The maximum Gasteiger partial charge on any atom is 0.255 e. The van der Waals surface area contributed by atoms with E-state index in [1.165, 1.54) is 18.9 Å². The van der Waals surface area contributed by atoms with Crippen LogP contribution in [0.15, 0.2) is 48.2 Å². The first-order chi connectivity index (χ1) is 12.9. The van der Waals surface area contributed by atoms with E-state index in [1.807, 2.05) is 0 Å². The lowest BCUT2D eigenvalue weighted by molar-refractivity contribution is -0.120. The van der Waals surface area contributed by atoms with Gasteiger partial charge in [-0.1, -0.05) is 18.2 Å². The van der Waals surface area contributed by atoms with E-state index in [2.05, 4.69) is 0 Å². The van der Waals surface area contributed by atoms with Gasteiger partial charge in [0, 0.05) is 12.5 Å². The summed E-state index contributed by atoms with van der Waals surface area (Å²) in [5.41, 5.74) is 7.03. The lowest BCUT2D eigenvalue weighted by Gasteiger charge is -2.16. The molecule has 3 rings (SSSR count). The number of benzene rings is 2. The van der Waals surface area contributed by atoms with Crippen molar-refractivity contribution in [2.45, 2.75) is 6.92 Å². The zero-order valence-corrected chi connectivity index (χ0v) is 14.9. The number of Topliss-reactive ketones (excluding diaryl/α,β-unsaturated/α-hetero) is 1. The molecule has 1 aliphatic heterocycles. The van der Waals surface area contributed by atoms with E-state index < -0.39 is 5.91 Å². The third-order valence-electron chi connectivity index (χ3n) is 4.04. The molecular formula is C20H18N2O5. The highest BCUT2D eigenvalue weighted by molar-refractivity contribution is 6.26. The SMILES string of the molecule is COc1cc(C=C2C(=O)c3ccccc3N2C(C)=O)ccc1OCC(N)=O. The summed E-state index contributed by atoms with van der Waals surface area (Å²) in [7, 11) is 1.46. The fourth-order valence-corrected chi connectivity index (χ4v) is 2.90. The Morgan fingerprint density at radius 3 is 2.56 bits per heavy atom. The van der Waals surface area contributed by atoms with E-state index in [-0.39, 0.29) is 24.0 Å². The molecule has 1 aliphatic rings. The number of rotatable bonds is 5. The number of hydrogen-bond acceptors (Lipinski definition) is 5. The second kappa shape index (κ2) is 7.33. The van der Waals surface area contributed by atoms with Crippen molar-refractivity contribution in [3.05, 3.63) is 59.3 Å². The van der Waals surface area contributed by atoms with Crippen LogP contribution in [0.5, 0.6) is 11.5 Å². The van der Waals surface area contributed by atoms with Crippen LogP contribution in [-0.4, -0.2) is 31.3 Å². The van der Waals surface area contributed by atoms with Crippen molar-refractivity contribution in [3.63, 3.8) is 0 Å². The molecule has 27 heavy (non-hydrogen) atoms. The highest BCUT2D eigenvalue weighted by atomic mass is 16.5. The third kappa shape index (κ3) is 3.52. The van der Waals surface area contributed by atoms with E-state index in [0.29, 0.717) is 28.3 Å². The van der Waals surface area contributed by atoms with Gasteiger partial charge in [0.05, 0.1) is 18.5 Å². The van der Waals surface area contributed by atoms with Crippen LogP contribution in [-0.2, 0) is 9.59 Å². The molecule has 0 radical (unpaired) electrons. The number of ether oxygens (including phenoxy) is 2. The number of fused-ring (bicyclic) bond motifs is 1. The van der Waals surface area contributed by atoms with E-state index in [0.717, 1.165) is 0 Å². The zero-order valence-electron chi connectivity index (χ0n) is 14.9. The van der Waals surface area contributed by atoms with Crippen LogP contribution in [0.1, 0.15) is 22.8 Å². The molecule has 0 aliphatic carbocycles. The van der Waals surface area contributed by atoms with Gasteiger partial charge in [0.1, 0.15) is 0 Å². The Kier molecular flexibility index (Phi) is 4.94. The number of primary amides is 1. The Labute approximate surface area is 156 Å². The highest BCUT2D eigenvalue weighted by Gasteiger charge is 2.34. The minimum Gasteiger partial charge on any atom is -0.493 e. The number of amides is 2. The zero-order chi connectivity index (χ0) is 19.6. The topological polar surface area (TPSA) is 98.9 Å². The number of allylic oxidation sites excluding steroid dienone is 1. The number of methoxy groups -OCH3 is 1. The van der Waals surface area contributed by atoms with Crippen LogP contribution in [0.3, 0.4) is 0 Å². The van der Waals surface area contributed by atoms with E-state index >= 15 is 0 Å². The molecule has 2 N–H and O–H groups in total. The summed E-state index contributed by atoms with van der Waals surface area (Å²) in [6.45, 7) is 1.13. The summed E-state index contributed by atoms with van der Waals surface area (Å²) in [5, 5.41) is 0. The first-order valence-electron chi connectivity index (χ1n) is 8.17. The number of hydrogen-bond donors (Lipinski definition) is 1. The molecule has 2 aromatic carbocycles. The number of anilines is 1. The number of carbonyl (C=O) groups is 3. The van der Waals surface area contributed by atoms with Crippen LogP contribution in [0, 0.1) is 0 Å². The molecule has 0 fully saturated rings. The summed E-state index contributed by atoms with van der Waals surface area (Å²) in [6.07, 6.45) is 1.62. The predicted octanol–water partition coefficient (Wildman–Crippen LogP) is 2.15. The Morgan fingerprint density at radius 2 is 1.89 bits per heavy atom. The quantitative estimate of drug-likeness (QED) is 0.818. The van der Waals surface area contributed by atoms with E-state index in [9.17, 15) is 14.4 Å². The Morgan fingerprint density at radius 1 is 1.15 bits per heavy atom. The van der Waals surface area contributed by atoms with Crippen molar-refractivity contribution >= 4 is 29.4 Å². The summed E-state index contributed by atoms with van der Waals surface area (Å²) in [4.78, 5) is 37.1. The first kappa shape index (κ1) is 18.2. The molecule has 0 saturated carbocycles. The summed E-state index contributed by atoms with van der Waals surface area (Å²) in [5.74, 6) is -0.359. The number of ketones is 1. The molecule has 1 heterocycles. The minimum absolute atomic E-state index is 0.228. The third-order valence-corrected chi connectivity index (χ3v) is 4.04. The average Bonchev–Trinajstić information content (AvgIpc) is 2.93. The second-order valence-corrected chi connectivity index (χ2v) is 5.90.